The van der Waals surface area contributed by atoms with Gasteiger partial charge in [0, 0.05) is 13.5 Å². The minimum absolute atomic E-state index is 0.147. The van der Waals surface area contributed by atoms with Gasteiger partial charge in [0.2, 0.25) is 11.9 Å². The van der Waals surface area contributed by atoms with Gasteiger partial charge in [-0.25, -0.2) is 4.98 Å². The molecule has 2 amide bonds. The van der Waals surface area contributed by atoms with Crippen molar-refractivity contribution in [3.8, 4) is 0 Å². The summed E-state index contributed by atoms with van der Waals surface area (Å²) < 4.78 is 1.76. The Bertz CT molecular complexity index is 719. The molecule has 1 aromatic heterocycles. The highest BCUT2D eigenvalue weighted by atomic mass is 16.2. The number of fused-ring (bicyclic) bond motifs is 1. The van der Waals surface area contributed by atoms with Gasteiger partial charge in [-0.05, 0) is 25.0 Å². The van der Waals surface area contributed by atoms with Crippen LogP contribution < -0.4 is 5.73 Å². The molecule has 1 aliphatic rings. The molecule has 0 bridgehead atoms. The standard InChI is InChI=1S/C14H16N4O2/c1-8-4-3-5-9-12(8)18(14(15)16-9)10-6-7-11(19)17(2)13(10)20/h3-5,10H,6-7H2,1-2H3,(H2,15,16). The van der Waals surface area contributed by atoms with E-state index in [9.17, 15) is 9.59 Å². The van der Waals surface area contributed by atoms with Crippen LogP contribution in [-0.2, 0) is 9.59 Å². The molecular weight excluding hydrogens is 256 g/mol. The van der Waals surface area contributed by atoms with Gasteiger partial charge in [-0.3, -0.25) is 19.1 Å². The first-order chi connectivity index (χ1) is 9.50. The van der Waals surface area contributed by atoms with Crippen molar-refractivity contribution in [1.82, 2.24) is 14.5 Å². The lowest BCUT2D eigenvalue weighted by atomic mass is 10.0. The highest BCUT2D eigenvalue weighted by Crippen LogP contribution is 2.31. The Balaban J connectivity index is 2.17. The molecule has 2 heterocycles. The number of likely N-dealkylation sites (N-methyl/N-ethyl adjacent to an activating group) is 1. The number of piperidine rings is 1. The summed E-state index contributed by atoms with van der Waals surface area (Å²) in [5, 5.41) is 0. The van der Waals surface area contributed by atoms with Crippen molar-refractivity contribution >= 4 is 28.8 Å². The molecule has 3 rings (SSSR count). The van der Waals surface area contributed by atoms with Crippen molar-refractivity contribution in [1.29, 1.82) is 0 Å². The lowest BCUT2D eigenvalue weighted by molar-refractivity contribution is -0.149. The van der Waals surface area contributed by atoms with Gasteiger partial charge in [0.1, 0.15) is 6.04 Å². The maximum Gasteiger partial charge on any atom is 0.252 e. The number of carbonyl (C=O) groups excluding carboxylic acids is 2. The molecule has 1 saturated heterocycles. The van der Waals surface area contributed by atoms with E-state index in [0.717, 1.165) is 16.6 Å². The average molecular weight is 272 g/mol. The summed E-state index contributed by atoms with van der Waals surface area (Å²) in [5.74, 6) is -0.0585. The minimum atomic E-state index is -0.455. The Kier molecular flexibility index (Phi) is 2.74. The van der Waals surface area contributed by atoms with Crippen LogP contribution in [0.15, 0.2) is 18.2 Å². The number of likely N-dealkylation sites (tertiary alicyclic amines) is 1. The summed E-state index contributed by atoms with van der Waals surface area (Å²) in [6.07, 6.45) is 0.809. The van der Waals surface area contributed by atoms with E-state index in [1.807, 2.05) is 25.1 Å². The van der Waals surface area contributed by atoms with Gasteiger partial charge < -0.3 is 5.73 Å². The number of para-hydroxylation sites is 1. The number of nitrogens with zero attached hydrogens (tertiary/aromatic N) is 3. The smallest absolute Gasteiger partial charge is 0.252 e. The van der Waals surface area contributed by atoms with Crippen LogP contribution >= 0.6 is 0 Å². The summed E-state index contributed by atoms with van der Waals surface area (Å²) in [7, 11) is 1.51. The lowest BCUT2D eigenvalue weighted by Gasteiger charge is -2.29. The second kappa shape index (κ2) is 4.33. The molecule has 0 aliphatic carbocycles. The largest absolute Gasteiger partial charge is 0.369 e. The second-order valence-electron chi connectivity index (χ2n) is 5.13. The molecule has 1 unspecified atom stereocenters. The molecular formula is C14H16N4O2. The summed E-state index contributed by atoms with van der Waals surface area (Å²) in [5.41, 5.74) is 8.64. The Labute approximate surface area is 116 Å². The molecule has 0 saturated carbocycles. The Morgan fingerprint density at radius 3 is 2.85 bits per heavy atom. The summed E-state index contributed by atoms with van der Waals surface area (Å²) in [6, 6.07) is 5.29. The lowest BCUT2D eigenvalue weighted by Crippen LogP contribution is -2.43. The monoisotopic (exact) mass is 272 g/mol. The fraction of sp³-hybridized carbons (Fsp3) is 0.357. The molecule has 104 valence electrons. The van der Waals surface area contributed by atoms with Crippen molar-refractivity contribution in [3.05, 3.63) is 23.8 Å². The number of nitrogen functional groups attached to an aromatic ring is 1. The number of aryl methyl sites for hydroxylation is 1. The van der Waals surface area contributed by atoms with Gasteiger partial charge in [0.05, 0.1) is 11.0 Å². The Hall–Kier alpha value is -2.37. The molecule has 1 atom stereocenters. The molecule has 1 fully saturated rings. The maximum absolute atomic E-state index is 12.3. The Morgan fingerprint density at radius 2 is 2.10 bits per heavy atom. The van der Waals surface area contributed by atoms with Gasteiger partial charge in [-0.15, -0.1) is 0 Å². The van der Waals surface area contributed by atoms with Crippen molar-refractivity contribution in [3.63, 3.8) is 0 Å². The number of carbonyl (C=O) groups is 2. The molecule has 20 heavy (non-hydrogen) atoms. The third-order valence-electron chi connectivity index (χ3n) is 3.87. The van der Waals surface area contributed by atoms with Gasteiger partial charge in [-0.1, -0.05) is 12.1 Å². The number of anilines is 1. The fourth-order valence-corrected chi connectivity index (χ4v) is 2.79. The zero-order chi connectivity index (χ0) is 14.4. The highest BCUT2D eigenvalue weighted by Gasteiger charge is 2.35. The van der Waals surface area contributed by atoms with Crippen LogP contribution in [-0.4, -0.2) is 33.3 Å². The van der Waals surface area contributed by atoms with E-state index in [1.54, 1.807) is 4.57 Å². The van der Waals surface area contributed by atoms with Crippen LogP contribution in [0.3, 0.4) is 0 Å². The quantitative estimate of drug-likeness (QED) is 0.792. The fourth-order valence-electron chi connectivity index (χ4n) is 2.79. The molecule has 0 spiro atoms. The third kappa shape index (κ3) is 1.68. The minimum Gasteiger partial charge on any atom is -0.369 e. The van der Waals surface area contributed by atoms with E-state index in [1.165, 1.54) is 11.9 Å². The summed E-state index contributed by atoms with van der Waals surface area (Å²) >= 11 is 0. The second-order valence-corrected chi connectivity index (χ2v) is 5.13. The number of amides is 2. The molecule has 1 aliphatic heterocycles. The first kappa shape index (κ1) is 12.7. The average Bonchev–Trinajstić information content (AvgIpc) is 2.74. The number of imide groups is 1. The number of aromatic nitrogens is 2. The van der Waals surface area contributed by atoms with E-state index < -0.39 is 6.04 Å². The zero-order valence-electron chi connectivity index (χ0n) is 11.5. The zero-order valence-corrected chi connectivity index (χ0v) is 11.5. The molecule has 0 radical (unpaired) electrons. The van der Waals surface area contributed by atoms with Crippen molar-refractivity contribution in [2.75, 3.05) is 12.8 Å². The van der Waals surface area contributed by atoms with Gasteiger partial charge in [0.15, 0.2) is 0 Å². The number of benzene rings is 1. The van der Waals surface area contributed by atoms with Crippen LogP contribution in [0.4, 0.5) is 5.95 Å². The van der Waals surface area contributed by atoms with Crippen molar-refractivity contribution in [2.45, 2.75) is 25.8 Å². The van der Waals surface area contributed by atoms with E-state index in [2.05, 4.69) is 4.98 Å². The van der Waals surface area contributed by atoms with Crippen LogP contribution in [0.2, 0.25) is 0 Å². The van der Waals surface area contributed by atoms with Gasteiger partial charge >= 0.3 is 0 Å². The van der Waals surface area contributed by atoms with Crippen LogP contribution in [0.5, 0.6) is 0 Å². The van der Waals surface area contributed by atoms with Crippen LogP contribution in [0.1, 0.15) is 24.4 Å². The topological polar surface area (TPSA) is 81.2 Å². The molecule has 6 heteroatoms. The van der Waals surface area contributed by atoms with Gasteiger partial charge in [0.25, 0.3) is 5.91 Å². The van der Waals surface area contributed by atoms with Crippen molar-refractivity contribution < 1.29 is 9.59 Å². The molecule has 2 N–H and O–H groups in total. The number of nitrogens with two attached hydrogens (primary N) is 1. The first-order valence-corrected chi connectivity index (χ1v) is 6.54. The first-order valence-electron chi connectivity index (χ1n) is 6.54. The van der Waals surface area contributed by atoms with Crippen LogP contribution in [0, 0.1) is 6.92 Å². The Morgan fingerprint density at radius 1 is 1.35 bits per heavy atom. The van der Waals surface area contributed by atoms with Crippen LogP contribution in [0.25, 0.3) is 11.0 Å². The maximum atomic E-state index is 12.3. The number of imidazole rings is 1. The van der Waals surface area contributed by atoms with Gasteiger partial charge in [-0.2, -0.15) is 0 Å². The number of hydrogen-bond donors (Lipinski definition) is 1. The number of rotatable bonds is 1. The molecule has 2 aromatic rings. The van der Waals surface area contributed by atoms with E-state index in [-0.39, 0.29) is 11.8 Å². The highest BCUT2D eigenvalue weighted by molar-refractivity contribution is 6.00. The normalized spacial score (nSPS) is 19.9. The van der Waals surface area contributed by atoms with Crippen molar-refractivity contribution in [2.24, 2.45) is 0 Å². The molecule has 6 nitrogen and oxygen atoms in total. The van der Waals surface area contributed by atoms with E-state index >= 15 is 0 Å². The predicted octanol–water partition coefficient (Wildman–Crippen LogP) is 1.25. The molecule has 1 aromatic carbocycles. The summed E-state index contributed by atoms with van der Waals surface area (Å²) in [4.78, 5) is 29.4. The summed E-state index contributed by atoms with van der Waals surface area (Å²) in [6.45, 7) is 1.96. The van der Waals surface area contributed by atoms with E-state index in [4.69, 9.17) is 5.73 Å². The number of hydrogen-bond acceptors (Lipinski definition) is 4. The van der Waals surface area contributed by atoms with E-state index in [0.29, 0.717) is 18.8 Å². The predicted molar refractivity (Wildman–Crippen MR) is 74.9 cm³/mol. The third-order valence-corrected chi connectivity index (χ3v) is 3.87. The SMILES string of the molecule is Cc1cccc2nc(N)n(C3CCC(=O)N(C)C3=O)c12.